The molecule has 0 aliphatic heterocycles. The first-order valence-corrected chi connectivity index (χ1v) is 5.52. The van der Waals surface area contributed by atoms with Gasteiger partial charge >= 0.3 is 5.97 Å². The van der Waals surface area contributed by atoms with Crippen molar-refractivity contribution in [1.82, 2.24) is 0 Å². The van der Waals surface area contributed by atoms with E-state index >= 15 is 0 Å². The molecule has 3 nitrogen and oxygen atoms in total. The molecular formula is C14H16O3. The highest BCUT2D eigenvalue weighted by Crippen LogP contribution is 2.10. The van der Waals surface area contributed by atoms with E-state index in [4.69, 9.17) is 9.84 Å². The Morgan fingerprint density at radius 3 is 2.82 bits per heavy atom. The monoisotopic (exact) mass is 232 g/mol. The van der Waals surface area contributed by atoms with Gasteiger partial charge < -0.3 is 9.84 Å². The molecule has 0 amide bonds. The highest BCUT2D eigenvalue weighted by atomic mass is 16.5. The van der Waals surface area contributed by atoms with Gasteiger partial charge in [0.1, 0.15) is 6.42 Å². The molecule has 0 saturated heterocycles. The van der Waals surface area contributed by atoms with Crippen LogP contribution < -0.4 is 0 Å². The smallest absolute Gasteiger partial charge is 0.317 e. The van der Waals surface area contributed by atoms with Crippen LogP contribution in [-0.4, -0.2) is 17.7 Å². The lowest BCUT2D eigenvalue weighted by molar-refractivity contribution is -0.141. The molecule has 1 aromatic carbocycles. The van der Waals surface area contributed by atoms with Gasteiger partial charge in [-0.3, -0.25) is 4.79 Å². The molecular weight excluding hydrogens is 216 g/mol. The van der Waals surface area contributed by atoms with Crippen LogP contribution in [-0.2, 0) is 16.1 Å². The van der Waals surface area contributed by atoms with E-state index in [1.54, 1.807) is 6.92 Å². The fourth-order valence-corrected chi connectivity index (χ4v) is 1.38. The molecule has 0 aliphatic carbocycles. The zero-order chi connectivity index (χ0) is 12.7. The molecule has 1 N–H and O–H groups in total. The van der Waals surface area contributed by atoms with Crippen molar-refractivity contribution >= 4 is 5.97 Å². The Balaban J connectivity index is 2.66. The summed E-state index contributed by atoms with van der Waals surface area (Å²) in [7, 11) is 0. The van der Waals surface area contributed by atoms with Gasteiger partial charge in [0.05, 0.1) is 13.2 Å². The lowest BCUT2D eigenvalue weighted by atomic mass is 10.1. The number of carbonyl (C=O) groups excluding carboxylic acids is 1. The van der Waals surface area contributed by atoms with E-state index in [0.29, 0.717) is 6.61 Å². The average Bonchev–Trinajstić information content (AvgIpc) is 2.29. The van der Waals surface area contributed by atoms with Crippen molar-refractivity contribution in [2.24, 2.45) is 0 Å². The molecule has 17 heavy (non-hydrogen) atoms. The number of rotatable bonds is 3. The number of carbonyl (C=O) groups is 1. The van der Waals surface area contributed by atoms with Crippen molar-refractivity contribution in [2.45, 2.75) is 26.9 Å². The minimum absolute atomic E-state index is 0.0301. The van der Waals surface area contributed by atoms with Gasteiger partial charge in [0.2, 0.25) is 0 Å². The molecule has 0 unspecified atom stereocenters. The standard InChI is InChI=1S/C14H16O3/c1-3-17-14(16)6-4-5-12-7-8-13(10-15)11(2)9-12/h7-9,15H,3,6,10H2,1-2H3. The predicted molar refractivity (Wildman–Crippen MR) is 65.2 cm³/mol. The van der Waals surface area contributed by atoms with Crippen LogP contribution in [0.15, 0.2) is 18.2 Å². The Labute approximate surface area is 101 Å². The highest BCUT2D eigenvalue weighted by molar-refractivity contribution is 5.72. The van der Waals surface area contributed by atoms with Crippen molar-refractivity contribution in [3.63, 3.8) is 0 Å². The summed E-state index contributed by atoms with van der Waals surface area (Å²) in [6.45, 7) is 4.09. The van der Waals surface area contributed by atoms with Gasteiger partial charge in [-0.05, 0) is 37.1 Å². The molecule has 0 aromatic heterocycles. The molecule has 0 heterocycles. The number of hydrogen-bond donors (Lipinski definition) is 1. The summed E-state index contributed by atoms with van der Waals surface area (Å²) in [6.07, 6.45) is 0.106. The molecule has 0 saturated carbocycles. The van der Waals surface area contributed by atoms with E-state index in [0.717, 1.165) is 16.7 Å². The first-order valence-electron chi connectivity index (χ1n) is 5.52. The summed E-state index contributed by atoms with van der Waals surface area (Å²) in [5, 5.41) is 9.02. The number of aryl methyl sites for hydroxylation is 1. The van der Waals surface area contributed by atoms with Gasteiger partial charge in [-0.2, -0.15) is 0 Å². The van der Waals surface area contributed by atoms with E-state index in [9.17, 15) is 4.79 Å². The van der Waals surface area contributed by atoms with Gasteiger partial charge in [-0.25, -0.2) is 0 Å². The lowest BCUT2D eigenvalue weighted by Crippen LogP contribution is -2.01. The summed E-state index contributed by atoms with van der Waals surface area (Å²) < 4.78 is 4.77. The maximum atomic E-state index is 11.0. The molecule has 0 atom stereocenters. The van der Waals surface area contributed by atoms with Crippen LogP contribution in [0.4, 0.5) is 0 Å². The van der Waals surface area contributed by atoms with E-state index in [-0.39, 0.29) is 19.0 Å². The summed E-state index contributed by atoms with van der Waals surface area (Å²) in [5.41, 5.74) is 2.72. The average molecular weight is 232 g/mol. The number of aliphatic hydroxyl groups excluding tert-OH is 1. The van der Waals surface area contributed by atoms with Crippen molar-refractivity contribution in [1.29, 1.82) is 0 Å². The molecule has 0 spiro atoms. The summed E-state index contributed by atoms with van der Waals surface area (Å²) in [6, 6.07) is 5.56. The second-order valence-electron chi connectivity index (χ2n) is 3.58. The third kappa shape index (κ3) is 4.29. The Morgan fingerprint density at radius 2 is 2.24 bits per heavy atom. The van der Waals surface area contributed by atoms with E-state index < -0.39 is 0 Å². The number of ether oxygens (including phenoxy) is 1. The van der Waals surface area contributed by atoms with Crippen LogP contribution in [0.2, 0.25) is 0 Å². The maximum Gasteiger partial charge on any atom is 0.317 e. The highest BCUT2D eigenvalue weighted by Gasteiger charge is 1.98. The van der Waals surface area contributed by atoms with Crippen molar-refractivity contribution in [3.8, 4) is 11.8 Å². The van der Waals surface area contributed by atoms with Crippen LogP contribution in [0.1, 0.15) is 30.0 Å². The van der Waals surface area contributed by atoms with Gasteiger partial charge in [-0.15, -0.1) is 0 Å². The molecule has 0 fully saturated rings. The number of aliphatic hydroxyl groups is 1. The maximum absolute atomic E-state index is 11.0. The van der Waals surface area contributed by atoms with Gasteiger partial charge in [0.25, 0.3) is 0 Å². The number of esters is 1. The SMILES string of the molecule is CCOC(=O)CC#Cc1ccc(CO)c(C)c1. The second-order valence-corrected chi connectivity index (χ2v) is 3.58. The fraction of sp³-hybridized carbons (Fsp3) is 0.357. The Morgan fingerprint density at radius 1 is 1.47 bits per heavy atom. The lowest BCUT2D eigenvalue weighted by Gasteiger charge is -2.01. The summed E-state index contributed by atoms with van der Waals surface area (Å²) in [4.78, 5) is 11.0. The van der Waals surface area contributed by atoms with Crippen molar-refractivity contribution < 1.29 is 14.6 Å². The molecule has 1 rings (SSSR count). The normalized spacial score (nSPS) is 9.35. The van der Waals surface area contributed by atoms with E-state index in [1.165, 1.54) is 0 Å². The molecule has 1 aromatic rings. The Hall–Kier alpha value is -1.79. The van der Waals surface area contributed by atoms with Crippen LogP contribution in [0, 0.1) is 18.8 Å². The molecule has 90 valence electrons. The second kappa shape index (κ2) is 6.72. The molecule has 0 aliphatic rings. The zero-order valence-corrected chi connectivity index (χ0v) is 10.1. The minimum Gasteiger partial charge on any atom is -0.465 e. The van der Waals surface area contributed by atoms with Crippen molar-refractivity contribution in [2.75, 3.05) is 6.61 Å². The number of benzene rings is 1. The Bertz CT molecular complexity index is 452. The van der Waals surface area contributed by atoms with Crippen LogP contribution >= 0.6 is 0 Å². The largest absolute Gasteiger partial charge is 0.465 e. The van der Waals surface area contributed by atoms with Gasteiger partial charge in [0, 0.05) is 5.56 Å². The van der Waals surface area contributed by atoms with Crippen molar-refractivity contribution in [3.05, 3.63) is 34.9 Å². The summed E-state index contributed by atoms with van der Waals surface area (Å²) in [5.74, 6) is 5.36. The number of hydrogen-bond acceptors (Lipinski definition) is 3. The van der Waals surface area contributed by atoms with Crippen LogP contribution in [0.3, 0.4) is 0 Å². The fourth-order valence-electron chi connectivity index (χ4n) is 1.38. The molecule has 3 heteroatoms. The minimum atomic E-state index is -0.302. The zero-order valence-electron chi connectivity index (χ0n) is 10.1. The van der Waals surface area contributed by atoms with Crippen LogP contribution in [0.5, 0.6) is 0 Å². The van der Waals surface area contributed by atoms with E-state index in [2.05, 4.69) is 11.8 Å². The first-order chi connectivity index (χ1) is 8.17. The molecule has 0 radical (unpaired) electrons. The molecule has 0 bridgehead atoms. The van der Waals surface area contributed by atoms with Gasteiger partial charge in [-0.1, -0.05) is 17.9 Å². The topological polar surface area (TPSA) is 46.5 Å². The van der Waals surface area contributed by atoms with Crippen LogP contribution in [0.25, 0.3) is 0 Å². The summed E-state index contributed by atoms with van der Waals surface area (Å²) >= 11 is 0. The first kappa shape index (κ1) is 13.3. The van der Waals surface area contributed by atoms with E-state index in [1.807, 2.05) is 25.1 Å². The predicted octanol–water partition coefficient (Wildman–Crippen LogP) is 1.79. The van der Waals surface area contributed by atoms with Gasteiger partial charge in [0.15, 0.2) is 0 Å². The Kier molecular flexibility index (Phi) is 5.25. The quantitative estimate of drug-likeness (QED) is 0.638. The third-order valence-corrected chi connectivity index (χ3v) is 2.28. The third-order valence-electron chi connectivity index (χ3n) is 2.28.